The van der Waals surface area contributed by atoms with Gasteiger partial charge in [-0.25, -0.2) is 4.98 Å². The second-order valence-corrected chi connectivity index (χ2v) is 5.29. The molecule has 1 amide bonds. The third kappa shape index (κ3) is 3.43. The number of aromatic nitrogens is 2. The van der Waals surface area contributed by atoms with Gasteiger partial charge in [0.05, 0.1) is 36.6 Å². The zero-order valence-corrected chi connectivity index (χ0v) is 12.2. The molecule has 20 heavy (non-hydrogen) atoms. The predicted molar refractivity (Wildman–Crippen MR) is 75.1 cm³/mol. The molecule has 108 valence electrons. The summed E-state index contributed by atoms with van der Waals surface area (Å²) in [5.74, 6) is 0.899. The van der Waals surface area contributed by atoms with Crippen molar-refractivity contribution in [3.8, 4) is 0 Å². The van der Waals surface area contributed by atoms with Crippen LogP contribution in [0.3, 0.4) is 0 Å². The van der Waals surface area contributed by atoms with Crippen LogP contribution in [-0.2, 0) is 18.4 Å². The molecular weight excluding hydrogens is 278 g/mol. The van der Waals surface area contributed by atoms with E-state index in [2.05, 4.69) is 10.3 Å². The molecule has 0 fully saturated rings. The minimum atomic E-state index is -0.160. The number of amides is 1. The SMILES string of the molecule is CC(NC(=O)CSc1ncc(CO)n1C)c1ccco1. The lowest BCUT2D eigenvalue weighted by molar-refractivity contribution is -0.119. The number of furan rings is 1. The highest BCUT2D eigenvalue weighted by Gasteiger charge is 2.13. The minimum Gasteiger partial charge on any atom is -0.467 e. The first-order chi connectivity index (χ1) is 9.61. The molecule has 6 nitrogen and oxygen atoms in total. The van der Waals surface area contributed by atoms with Gasteiger partial charge in [-0.2, -0.15) is 0 Å². The molecule has 0 aromatic carbocycles. The molecule has 0 aliphatic carbocycles. The fourth-order valence-electron chi connectivity index (χ4n) is 1.73. The summed E-state index contributed by atoms with van der Waals surface area (Å²) in [4.78, 5) is 16.0. The molecule has 0 aliphatic heterocycles. The van der Waals surface area contributed by atoms with E-state index in [9.17, 15) is 4.79 Å². The van der Waals surface area contributed by atoms with Gasteiger partial charge in [0.25, 0.3) is 0 Å². The first kappa shape index (κ1) is 14.7. The van der Waals surface area contributed by atoms with Gasteiger partial charge < -0.3 is 19.4 Å². The van der Waals surface area contributed by atoms with Crippen molar-refractivity contribution in [2.45, 2.75) is 24.7 Å². The quantitative estimate of drug-likeness (QED) is 0.789. The van der Waals surface area contributed by atoms with Crippen LogP contribution in [0.4, 0.5) is 0 Å². The van der Waals surface area contributed by atoms with E-state index >= 15 is 0 Å². The average Bonchev–Trinajstić information content (AvgIpc) is 3.06. The third-order valence-electron chi connectivity index (χ3n) is 2.88. The van der Waals surface area contributed by atoms with Crippen LogP contribution >= 0.6 is 11.8 Å². The molecule has 2 aromatic heterocycles. The van der Waals surface area contributed by atoms with E-state index in [1.54, 1.807) is 23.1 Å². The Labute approximate surface area is 121 Å². The summed E-state index contributed by atoms with van der Waals surface area (Å²) in [5.41, 5.74) is 0.719. The van der Waals surface area contributed by atoms with Gasteiger partial charge in [0, 0.05) is 7.05 Å². The Morgan fingerprint density at radius 3 is 3.05 bits per heavy atom. The van der Waals surface area contributed by atoms with E-state index in [1.165, 1.54) is 11.8 Å². The van der Waals surface area contributed by atoms with Crippen molar-refractivity contribution in [3.63, 3.8) is 0 Å². The van der Waals surface area contributed by atoms with Crippen molar-refractivity contribution in [3.05, 3.63) is 36.0 Å². The fourth-order valence-corrected chi connectivity index (χ4v) is 2.51. The number of nitrogens with zero attached hydrogens (tertiary/aromatic N) is 2. The minimum absolute atomic E-state index is 0.0637. The standard InChI is InChI=1S/C13H17N3O3S/c1-9(11-4-3-5-19-11)15-12(18)8-20-13-14-6-10(7-17)16(13)2/h3-6,9,17H,7-8H2,1-2H3,(H,15,18). The van der Waals surface area contributed by atoms with Gasteiger partial charge in [-0.1, -0.05) is 11.8 Å². The molecule has 0 radical (unpaired) electrons. The van der Waals surface area contributed by atoms with Crippen molar-refractivity contribution < 1.29 is 14.3 Å². The smallest absolute Gasteiger partial charge is 0.231 e. The van der Waals surface area contributed by atoms with E-state index in [0.717, 1.165) is 11.5 Å². The average molecular weight is 295 g/mol. The predicted octanol–water partition coefficient (Wildman–Crippen LogP) is 1.47. The maximum absolute atomic E-state index is 11.8. The van der Waals surface area contributed by atoms with Crippen molar-refractivity contribution in [1.29, 1.82) is 0 Å². The Bertz CT molecular complexity index is 565. The Hall–Kier alpha value is -1.73. The molecule has 1 unspecified atom stereocenters. The third-order valence-corrected chi connectivity index (χ3v) is 3.93. The Morgan fingerprint density at radius 1 is 1.65 bits per heavy atom. The molecule has 0 saturated heterocycles. The molecule has 2 rings (SSSR count). The second-order valence-electron chi connectivity index (χ2n) is 4.34. The highest BCUT2D eigenvalue weighted by Crippen LogP contribution is 2.18. The van der Waals surface area contributed by atoms with Gasteiger partial charge in [0.2, 0.25) is 5.91 Å². The van der Waals surface area contributed by atoms with Crippen LogP contribution < -0.4 is 5.32 Å². The Morgan fingerprint density at radius 2 is 2.45 bits per heavy atom. The van der Waals surface area contributed by atoms with Crippen molar-refractivity contribution in [2.24, 2.45) is 7.05 Å². The number of rotatable bonds is 6. The number of aliphatic hydroxyl groups excluding tert-OH is 1. The number of hydrogen-bond donors (Lipinski definition) is 2. The second kappa shape index (κ2) is 6.62. The zero-order chi connectivity index (χ0) is 14.5. The molecule has 0 spiro atoms. The number of nitrogens with one attached hydrogen (secondary N) is 1. The summed E-state index contributed by atoms with van der Waals surface area (Å²) in [6.45, 7) is 1.80. The Balaban J connectivity index is 1.84. The van der Waals surface area contributed by atoms with E-state index in [4.69, 9.17) is 9.52 Å². The molecule has 1 atom stereocenters. The lowest BCUT2D eigenvalue weighted by Crippen LogP contribution is -2.28. The highest BCUT2D eigenvalue weighted by atomic mass is 32.2. The summed E-state index contributed by atoms with van der Waals surface area (Å²) >= 11 is 1.33. The summed E-state index contributed by atoms with van der Waals surface area (Å²) < 4.78 is 7.00. The maximum Gasteiger partial charge on any atom is 0.231 e. The first-order valence-corrected chi connectivity index (χ1v) is 7.17. The monoisotopic (exact) mass is 295 g/mol. The summed E-state index contributed by atoms with van der Waals surface area (Å²) in [5, 5.41) is 12.6. The van der Waals surface area contributed by atoms with Gasteiger partial charge >= 0.3 is 0 Å². The van der Waals surface area contributed by atoms with Crippen LogP contribution in [-0.4, -0.2) is 26.3 Å². The van der Waals surface area contributed by atoms with E-state index in [1.807, 2.05) is 20.0 Å². The maximum atomic E-state index is 11.8. The molecule has 0 saturated carbocycles. The number of carbonyl (C=O) groups excluding carboxylic acids is 1. The van der Waals surface area contributed by atoms with Crippen LogP contribution in [0.2, 0.25) is 0 Å². The molecule has 2 heterocycles. The fraction of sp³-hybridized carbons (Fsp3) is 0.385. The van der Waals surface area contributed by atoms with Gasteiger partial charge in [0.1, 0.15) is 5.76 Å². The number of thioether (sulfide) groups is 1. The lowest BCUT2D eigenvalue weighted by atomic mass is 10.2. The van der Waals surface area contributed by atoms with Crippen LogP contribution in [0, 0.1) is 0 Å². The van der Waals surface area contributed by atoms with Crippen molar-refractivity contribution >= 4 is 17.7 Å². The molecule has 0 bridgehead atoms. The van der Waals surface area contributed by atoms with E-state index < -0.39 is 0 Å². The lowest BCUT2D eigenvalue weighted by Gasteiger charge is -2.11. The Kier molecular flexibility index (Phi) is 4.86. The van der Waals surface area contributed by atoms with Crippen LogP contribution in [0.25, 0.3) is 0 Å². The van der Waals surface area contributed by atoms with Crippen molar-refractivity contribution in [1.82, 2.24) is 14.9 Å². The number of hydrogen-bond acceptors (Lipinski definition) is 5. The van der Waals surface area contributed by atoms with Crippen LogP contribution in [0.5, 0.6) is 0 Å². The van der Waals surface area contributed by atoms with E-state index in [-0.39, 0.29) is 24.3 Å². The first-order valence-electron chi connectivity index (χ1n) is 6.19. The zero-order valence-electron chi connectivity index (χ0n) is 11.4. The van der Waals surface area contributed by atoms with Gasteiger partial charge in [0.15, 0.2) is 5.16 Å². The normalized spacial score (nSPS) is 12.3. The van der Waals surface area contributed by atoms with Gasteiger partial charge in [-0.3, -0.25) is 4.79 Å². The molecule has 2 aromatic rings. The van der Waals surface area contributed by atoms with Gasteiger partial charge in [-0.15, -0.1) is 0 Å². The van der Waals surface area contributed by atoms with Crippen LogP contribution in [0.1, 0.15) is 24.4 Å². The number of imidazole rings is 1. The summed E-state index contributed by atoms with van der Waals surface area (Å²) in [6, 6.07) is 3.45. The molecule has 7 heteroatoms. The van der Waals surface area contributed by atoms with Crippen LogP contribution in [0.15, 0.2) is 34.2 Å². The molecule has 0 aliphatic rings. The number of carbonyl (C=O) groups is 1. The molecular formula is C13H17N3O3S. The largest absolute Gasteiger partial charge is 0.467 e. The van der Waals surface area contributed by atoms with Crippen molar-refractivity contribution in [2.75, 3.05) is 5.75 Å². The topological polar surface area (TPSA) is 80.3 Å². The number of aliphatic hydroxyl groups is 1. The summed E-state index contributed by atoms with van der Waals surface area (Å²) in [6.07, 6.45) is 3.18. The highest BCUT2D eigenvalue weighted by molar-refractivity contribution is 7.99. The van der Waals surface area contributed by atoms with Gasteiger partial charge in [-0.05, 0) is 19.1 Å². The molecule has 2 N–H and O–H groups in total. The summed E-state index contributed by atoms with van der Waals surface area (Å²) in [7, 11) is 1.81. The van der Waals surface area contributed by atoms with E-state index in [0.29, 0.717) is 5.16 Å².